The summed E-state index contributed by atoms with van der Waals surface area (Å²) in [6.45, 7) is 2.08. The summed E-state index contributed by atoms with van der Waals surface area (Å²) in [5, 5.41) is 10.0. The zero-order chi connectivity index (χ0) is 34.4. The Hall–Kier alpha value is -4.38. The van der Waals surface area contributed by atoms with Crippen LogP contribution >= 0.6 is 0 Å². The Kier molecular flexibility index (Phi) is 9.02. The van der Waals surface area contributed by atoms with Gasteiger partial charge in [0.15, 0.2) is 0 Å². The second-order valence-electron chi connectivity index (χ2n) is 12.5. The van der Waals surface area contributed by atoms with Crippen LogP contribution in [-0.2, 0) is 26.7 Å². The number of fused-ring (bicyclic) bond motifs is 3. The number of carbonyl (C=O) groups is 2. The Morgan fingerprint density at radius 1 is 0.896 bits per heavy atom. The largest absolute Gasteiger partial charge is 0.508 e. The van der Waals surface area contributed by atoms with Gasteiger partial charge in [-0.15, -0.1) is 0 Å². The van der Waals surface area contributed by atoms with Gasteiger partial charge in [0.05, 0.1) is 41.4 Å². The molecule has 1 N–H and O–H groups in total. The number of hydrogen-bond donors (Lipinski definition) is 1. The second kappa shape index (κ2) is 12.9. The maximum atomic E-state index is 13.9. The fourth-order valence-electron chi connectivity index (χ4n) is 7.39. The Bertz CT molecular complexity index is 1750. The lowest BCUT2D eigenvalue weighted by atomic mass is 9.68. The number of phenolic OH excluding ortho intramolecular Hbond substituents is 1. The number of imide groups is 1. The van der Waals surface area contributed by atoms with Crippen molar-refractivity contribution in [3.63, 3.8) is 0 Å². The average Bonchev–Trinajstić information content (AvgIpc) is 3.57. The average molecular weight is 670 g/mol. The van der Waals surface area contributed by atoms with E-state index in [2.05, 4.69) is 0 Å². The molecule has 4 atom stereocenters. The van der Waals surface area contributed by atoms with Gasteiger partial charge in [-0.2, -0.15) is 26.3 Å². The van der Waals surface area contributed by atoms with Crippen molar-refractivity contribution in [1.29, 1.82) is 0 Å². The van der Waals surface area contributed by atoms with Gasteiger partial charge in [-0.1, -0.05) is 67.5 Å². The van der Waals surface area contributed by atoms with Gasteiger partial charge < -0.3 is 9.84 Å². The van der Waals surface area contributed by atoms with Crippen LogP contribution < -0.4 is 4.90 Å². The summed E-state index contributed by atoms with van der Waals surface area (Å²) < 4.78 is 88.2. The van der Waals surface area contributed by atoms with Gasteiger partial charge in [0, 0.05) is 5.92 Å². The number of allylic oxidation sites excluding steroid dienone is 2. The molecule has 0 bridgehead atoms. The molecule has 2 aliphatic heterocycles. The number of ether oxygens (including phenoxy) is 1. The first-order valence-electron chi connectivity index (χ1n) is 15.8. The van der Waals surface area contributed by atoms with E-state index in [1.807, 2.05) is 49.4 Å². The fourth-order valence-corrected chi connectivity index (χ4v) is 7.39. The first-order valence-corrected chi connectivity index (χ1v) is 15.8. The van der Waals surface area contributed by atoms with Gasteiger partial charge in [0.2, 0.25) is 11.8 Å². The number of halogens is 6. The third kappa shape index (κ3) is 6.52. The van der Waals surface area contributed by atoms with Crippen molar-refractivity contribution < 1.29 is 45.8 Å². The van der Waals surface area contributed by atoms with Gasteiger partial charge in [0.25, 0.3) is 0 Å². The zero-order valence-corrected chi connectivity index (χ0v) is 25.9. The fraction of sp³-hybridized carbons (Fsp3) is 0.351. The normalized spacial score (nSPS) is 23.1. The molecule has 0 radical (unpaired) electrons. The van der Waals surface area contributed by atoms with Gasteiger partial charge in [-0.05, 0) is 78.3 Å². The molecule has 252 valence electrons. The molecule has 5 nitrogen and oxygen atoms in total. The number of aromatic hydroxyl groups is 1. The number of anilines is 1. The molecule has 3 aromatic rings. The highest BCUT2D eigenvalue weighted by atomic mass is 19.4. The van der Waals surface area contributed by atoms with Gasteiger partial charge in [-0.25, -0.2) is 4.90 Å². The Morgan fingerprint density at radius 2 is 1.58 bits per heavy atom. The number of carbonyl (C=O) groups excluding carboxylic acids is 2. The van der Waals surface area contributed by atoms with Crippen molar-refractivity contribution in [3.8, 4) is 5.75 Å². The smallest absolute Gasteiger partial charge is 0.416 e. The maximum absolute atomic E-state index is 13.9. The zero-order valence-electron chi connectivity index (χ0n) is 25.9. The minimum absolute atomic E-state index is 0.0192. The van der Waals surface area contributed by atoms with E-state index in [4.69, 9.17) is 4.74 Å². The topological polar surface area (TPSA) is 66.8 Å². The molecule has 3 aliphatic rings. The quantitative estimate of drug-likeness (QED) is 0.113. The molecular weight excluding hydrogens is 636 g/mol. The molecule has 48 heavy (non-hydrogen) atoms. The van der Waals surface area contributed by atoms with Gasteiger partial charge >= 0.3 is 12.4 Å². The lowest BCUT2D eigenvalue weighted by Gasteiger charge is -2.32. The predicted octanol–water partition coefficient (Wildman–Crippen LogP) is 9.07. The highest BCUT2D eigenvalue weighted by Gasteiger charge is 2.57. The third-order valence-electron chi connectivity index (χ3n) is 9.42. The molecule has 0 spiro atoms. The standard InChI is InChI=1S/C37H33F6NO4/c1-2-7-24-16-29-33(35(47)44(34(29)46)27-18-25(36(38,39)40)17-26(19-27)37(41,42)43)30-20-48-31(32(24)30)13-12-23(22-9-4-3-5-10-22)14-21-8-6-11-28(45)15-21/h3-6,8-11,14-15,17-19,29-31,33,45H,2,7,12-13,16,20H2,1H3/b23-14-/t29-,30+,31-,33-/m1/s1. The summed E-state index contributed by atoms with van der Waals surface area (Å²) in [4.78, 5) is 28.1. The van der Waals surface area contributed by atoms with Crippen molar-refractivity contribution in [2.45, 2.75) is 57.5 Å². The second-order valence-corrected chi connectivity index (χ2v) is 12.5. The third-order valence-corrected chi connectivity index (χ3v) is 9.42. The molecule has 3 aromatic carbocycles. The number of alkyl halides is 6. The van der Waals surface area contributed by atoms with E-state index in [9.17, 15) is 41.0 Å². The van der Waals surface area contributed by atoms with Crippen molar-refractivity contribution >= 4 is 29.2 Å². The highest BCUT2D eigenvalue weighted by molar-refractivity contribution is 6.22. The molecule has 0 aromatic heterocycles. The van der Waals surface area contributed by atoms with Crippen LogP contribution in [0.5, 0.6) is 5.75 Å². The van der Waals surface area contributed by atoms with E-state index in [1.54, 1.807) is 18.2 Å². The Labute approximate surface area is 273 Å². The minimum Gasteiger partial charge on any atom is -0.508 e. The molecule has 2 amide bonds. The number of phenols is 1. The summed E-state index contributed by atoms with van der Waals surface area (Å²) in [7, 11) is 0. The lowest BCUT2D eigenvalue weighted by molar-refractivity contribution is -0.143. The Balaban J connectivity index is 1.31. The monoisotopic (exact) mass is 669 g/mol. The summed E-state index contributed by atoms with van der Waals surface area (Å²) >= 11 is 0. The van der Waals surface area contributed by atoms with E-state index in [0.717, 1.165) is 34.3 Å². The van der Waals surface area contributed by atoms with Crippen molar-refractivity contribution in [2.75, 3.05) is 11.5 Å². The van der Waals surface area contributed by atoms with Crippen LogP contribution in [0.4, 0.5) is 32.0 Å². The number of nitrogens with zero attached hydrogens (tertiary/aromatic N) is 1. The summed E-state index contributed by atoms with van der Waals surface area (Å²) in [6, 6.07) is 17.4. The van der Waals surface area contributed by atoms with E-state index in [0.29, 0.717) is 36.3 Å². The molecular formula is C37H33F6NO4. The van der Waals surface area contributed by atoms with Crippen LogP contribution in [0.1, 0.15) is 61.3 Å². The maximum Gasteiger partial charge on any atom is 0.416 e. The van der Waals surface area contributed by atoms with E-state index >= 15 is 0 Å². The molecule has 6 rings (SSSR count). The molecule has 0 saturated carbocycles. The first kappa shape index (κ1) is 33.5. The van der Waals surface area contributed by atoms with Crippen molar-refractivity contribution in [1.82, 2.24) is 0 Å². The molecule has 1 aliphatic carbocycles. The first-order chi connectivity index (χ1) is 22.8. The predicted molar refractivity (Wildman–Crippen MR) is 167 cm³/mol. The summed E-state index contributed by atoms with van der Waals surface area (Å²) in [5.74, 6) is -3.88. The molecule has 2 fully saturated rings. The van der Waals surface area contributed by atoms with Crippen molar-refractivity contribution in [2.24, 2.45) is 17.8 Å². The summed E-state index contributed by atoms with van der Waals surface area (Å²) in [6.07, 6.45) is -6.03. The highest BCUT2D eigenvalue weighted by Crippen LogP contribution is 2.52. The van der Waals surface area contributed by atoms with Crippen LogP contribution in [0.25, 0.3) is 11.6 Å². The number of hydrogen-bond acceptors (Lipinski definition) is 4. The molecule has 0 unspecified atom stereocenters. The van der Waals surface area contributed by atoms with Gasteiger partial charge in [-0.3, -0.25) is 9.59 Å². The number of rotatable bonds is 8. The van der Waals surface area contributed by atoms with Crippen LogP contribution in [0.15, 0.2) is 83.9 Å². The van der Waals surface area contributed by atoms with Crippen LogP contribution in [0, 0.1) is 17.8 Å². The van der Waals surface area contributed by atoms with E-state index < -0.39 is 64.8 Å². The van der Waals surface area contributed by atoms with E-state index in [1.165, 1.54) is 0 Å². The molecule has 2 saturated heterocycles. The van der Waals surface area contributed by atoms with Gasteiger partial charge in [0.1, 0.15) is 5.75 Å². The Morgan fingerprint density at radius 3 is 2.21 bits per heavy atom. The molecule has 11 heteroatoms. The van der Waals surface area contributed by atoms with Crippen molar-refractivity contribution in [3.05, 3.63) is 106 Å². The molecule has 2 heterocycles. The summed E-state index contributed by atoms with van der Waals surface area (Å²) in [5.41, 5.74) is 0.717. The van der Waals surface area contributed by atoms with Crippen LogP contribution in [-0.4, -0.2) is 29.6 Å². The minimum atomic E-state index is -5.13. The number of amides is 2. The van der Waals surface area contributed by atoms with E-state index in [-0.39, 0.29) is 24.8 Å². The van der Waals surface area contributed by atoms with Crippen LogP contribution in [0.3, 0.4) is 0 Å². The SMILES string of the molecule is CCCC1=C2[C@@H](CC/C(=C/c3cccc(O)c3)c3ccccc3)OC[C@@H]2[C@@H]2C(=O)N(c3cc(C(F)(F)F)cc(C(F)(F)F)c3)C(=O)[C@@H]2C1. The van der Waals surface area contributed by atoms with Crippen LogP contribution in [0.2, 0.25) is 0 Å². The number of benzene rings is 3. The lowest BCUT2D eigenvalue weighted by Crippen LogP contribution is -2.34.